The smallest absolute Gasteiger partial charge is 0.267 e. The molecule has 0 atom stereocenters. The number of nitrogens with one attached hydrogen (secondary N) is 2. The molecule has 6 heteroatoms. The maximum Gasteiger partial charge on any atom is 0.267 e. The highest BCUT2D eigenvalue weighted by atomic mass is 16.5. The van der Waals surface area contributed by atoms with Crippen molar-refractivity contribution in [1.29, 1.82) is 0 Å². The molecule has 0 heterocycles. The third-order valence-corrected chi connectivity index (χ3v) is 4.65. The number of carbonyl (C=O) groups is 2. The maximum absolute atomic E-state index is 12.9. The monoisotopic (exact) mass is 392 g/mol. The molecule has 0 bridgehead atoms. The minimum atomic E-state index is -0.595. The molecular formula is C23H24N2O4. The van der Waals surface area contributed by atoms with Gasteiger partial charge in [-0.25, -0.2) is 5.48 Å². The summed E-state index contributed by atoms with van der Waals surface area (Å²) in [7, 11) is 1.62. The van der Waals surface area contributed by atoms with E-state index in [1.54, 1.807) is 18.7 Å². The van der Waals surface area contributed by atoms with Gasteiger partial charge in [0.25, 0.3) is 11.8 Å². The first-order valence-corrected chi connectivity index (χ1v) is 9.40. The summed E-state index contributed by atoms with van der Waals surface area (Å²) < 4.78 is 5.32. The molecule has 150 valence electrons. The Kier molecular flexibility index (Phi) is 6.46. The van der Waals surface area contributed by atoms with Gasteiger partial charge in [-0.15, -0.1) is 0 Å². The van der Waals surface area contributed by atoms with Crippen LogP contribution in [0.5, 0.6) is 5.75 Å². The third-order valence-electron chi connectivity index (χ3n) is 4.65. The Balaban J connectivity index is 1.90. The number of methoxy groups -OCH3 is 1. The van der Waals surface area contributed by atoms with E-state index >= 15 is 0 Å². The molecule has 3 N–H and O–H groups in total. The van der Waals surface area contributed by atoms with E-state index in [1.807, 2.05) is 55.5 Å². The highest BCUT2D eigenvalue weighted by molar-refractivity contribution is 6.24. The van der Waals surface area contributed by atoms with Gasteiger partial charge in [0, 0.05) is 17.7 Å². The highest BCUT2D eigenvalue weighted by Crippen LogP contribution is 2.27. The van der Waals surface area contributed by atoms with Crippen LogP contribution >= 0.6 is 0 Å². The molecule has 0 saturated heterocycles. The van der Waals surface area contributed by atoms with Crippen LogP contribution in [0.1, 0.15) is 35.1 Å². The number of benzene rings is 2. The van der Waals surface area contributed by atoms with Crippen molar-refractivity contribution in [3.8, 4) is 5.75 Å². The van der Waals surface area contributed by atoms with Crippen molar-refractivity contribution in [3.63, 3.8) is 0 Å². The van der Waals surface area contributed by atoms with Gasteiger partial charge in [-0.1, -0.05) is 30.3 Å². The van der Waals surface area contributed by atoms with Gasteiger partial charge < -0.3 is 10.1 Å². The summed E-state index contributed by atoms with van der Waals surface area (Å²) in [6.07, 6.45) is 6.71. The van der Waals surface area contributed by atoms with Crippen LogP contribution in [-0.2, 0) is 9.59 Å². The Morgan fingerprint density at radius 2 is 1.79 bits per heavy atom. The molecule has 2 aromatic carbocycles. The summed E-state index contributed by atoms with van der Waals surface area (Å²) >= 11 is 0. The van der Waals surface area contributed by atoms with Crippen molar-refractivity contribution in [2.45, 2.75) is 25.8 Å². The summed E-state index contributed by atoms with van der Waals surface area (Å²) in [6.45, 7) is 1.95. The van der Waals surface area contributed by atoms with E-state index in [2.05, 4.69) is 5.32 Å². The van der Waals surface area contributed by atoms with Crippen molar-refractivity contribution in [2.75, 3.05) is 7.11 Å². The summed E-state index contributed by atoms with van der Waals surface area (Å²) in [5.41, 5.74) is 5.58. The van der Waals surface area contributed by atoms with E-state index in [0.717, 1.165) is 40.8 Å². The molecule has 1 aliphatic rings. The summed E-state index contributed by atoms with van der Waals surface area (Å²) in [6, 6.07) is 13.4. The van der Waals surface area contributed by atoms with Crippen molar-refractivity contribution in [3.05, 3.63) is 70.8 Å². The summed E-state index contributed by atoms with van der Waals surface area (Å²) in [5.74, 6) is 0.0855. The second-order valence-electron chi connectivity index (χ2n) is 6.97. The number of hydrogen-bond acceptors (Lipinski definition) is 4. The van der Waals surface area contributed by atoms with E-state index in [-0.39, 0.29) is 11.9 Å². The standard InChI is InChI=1S/C23H24N2O4/c1-15-13-18(8-11-21(15)29-2)20(23(27)24-19-9-10-19)14-17-5-3-16(4-6-17)7-12-22(26)25-28/h3-8,11-14,19,28H,9-10H2,1-2H3,(H,24,27)(H,25,26)/b12-7+,20-14+. The first kappa shape index (κ1) is 20.4. The summed E-state index contributed by atoms with van der Waals surface area (Å²) in [4.78, 5) is 23.9. The lowest BCUT2D eigenvalue weighted by Gasteiger charge is -2.12. The Morgan fingerprint density at radius 3 is 2.38 bits per heavy atom. The zero-order valence-electron chi connectivity index (χ0n) is 16.4. The molecule has 0 aliphatic heterocycles. The van der Waals surface area contributed by atoms with Gasteiger partial charge in [-0.05, 0) is 66.3 Å². The number of ether oxygens (including phenoxy) is 1. The highest BCUT2D eigenvalue weighted by Gasteiger charge is 2.25. The zero-order chi connectivity index (χ0) is 20.8. The molecule has 1 saturated carbocycles. The lowest BCUT2D eigenvalue weighted by atomic mass is 9.99. The van der Waals surface area contributed by atoms with Gasteiger partial charge in [0.1, 0.15) is 5.75 Å². The van der Waals surface area contributed by atoms with Crippen molar-refractivity contribution < 1.29 is 19.5 Å². The van der Waals surface area contributed by atoms with Gasteiger partial charge in [0.2, 0.25) is 0 Å². The molecule has 2 aromatic rings. The van der Waals surface area contributed by atoms with Crippen LogP contribution in [0.4, 0.5) is 0 Å². The van der Waals surface area contributed by atoms with Gasteiger partial charge in [-0.2, -0.15) is 0 Å². The first-order chi connectivity index (χ1) is 14.0. The topological polar surface area (TPSA) is 87.7 Å². The minimum absolute atomic E-state index is 0.0966. The predicted molar refractivity (Wildman–Crippen MR) is 112 cm³/mol. The van der Waals surface area contributed by atoms with Crippen LogP contribution in [0.25, 0.3) is 17.7 Å². The number of hydrogen-bond donors (Lipinski definition) is 3. The lowest BCUT2D eigenvalue weighted by Crippen LogP contribution is -2.26. The number of rotatable bonds is 7. The second kappa shape index (κ2) is 9.21. The number of amides is 2. The SMILES string of the molecule is COc1ccc(/C(=C\c2ccc(/C=C/C(=O)NO)cc2)C(=O)NC2CC2)cc1C. The van der Waals surface area contributed by atoms with Gasteiger partial charge >= 0.3 is 0 Å². The van der Waals surface area contributed by atoms with E-state index < -0.39 is 5.91 Å². The van der Waals surface area contributed by atoms with Crippen molar-refractivity contribution >= 4 is 29.5 Å². The summed E-state index contributed by atoms with van der Waals surface area (Å²) in [5, 5.41) is 11.6. The molecule has 0 radical (unpaired) electrons. The van der Waals surface area contributed by atoms with E-state index in [0.29, 0.717) is 5.57 Å². The maximum atomic E-state index is 12.9. The molecule has 2 amide bonds. The first-order valence-electron chi connectivity index (χ1n) is 9.40. The molecule has 3 rings (SSSR count). The average molecular weight is 392 g/mol. The number of hydroxylamine groups is 1. The van der Waals surface area contributed by atoms with Crippen LogP contribution in [0, 0.1) is 6.92 Å². The molecule has 0 aromatic heterocycles. The Hall–Kier alpha value is -3.38. The normalized spacial score (nSPS) is 14.0. The quantitative estimate of drug-likeness (QED) is 0.292. The third kappa shape index (κ3) is 5.56. The van der Waals surface area contributed by atoms with Crippen LogP contribution in [0.3, 0.4) is 0 Å². The Labute approximate surface area is 169 Å². The van der Waals surface area contributed by atoms with Gasteiger partial charge in [0.05, 0.1) is 7.11 Å². The van der Waals surface area contributed by atoms with Crippen LogP contribution in [0.15, 0.2) is 48.5 Å². The Morgan fingerprint density at radius 1 is 1.10 bits per heavy atom. The molecule has 0 unspecified atom stereocenters. The number of aryl methyl sites for hydroxylation is 1. The molecule has 29 heavy (non-hydrogen) atoms. The van der Waals surface area contributed by atoms with Crippen molar-refractivity contribution in [1.82, 2.24) is 10.8 Å². The van der Waals surface area contributed by atoms with Crippen molar-refractivity contribution in [2.24, 2.45) is 0 Å². The minimum Gasteiger partial charge on any atom is -0.496 e. The average Bonchev–Trinajstić information content (AvgIpc) is 3.54. The van der Waals surface area contributed by atoms with E-state index in [1.165, 1.54) is 6.08 Å². The van der Waals surface area contributed by atoms with Gasteiger partial charge in [-0.3, -0.25) is 14.8 Å². The molecule has 6 nitrogen and oxygen atoms in total. The molecule has 1 fully saturated rings. The fourth-order valence-electron chi connectivity index (χ4n) is 2.90. The van der Waals surface area contributed by atoms with Crippen LogP contribution < -0.4 is 15.5 Å². The molecule has 0 spiro atoms. The Bertz CT molecular complexity index is 957. The molecule has 1 aliphatic carbocycles. The molecular weight excluding hydrogens is 368 g/mol. The van der Waals surface area contributed by atoms with Crippen LogP contribution in [0.2, 0.25) is 0 Å². The fourth-order valence-corrected chi connectivity index (χ4v) is 2.90. The number of carbonyl (C=O) groups excluding carboxylic acids is 2. The fraction of sp³-hybridized carbons (Fsp3) is 0.217. The van der Waals surface area contributed by atoms with Crippen LogP contribution in [-0.4, -0.2) is 30.2 Å². The van der Waals surface area contributed by atoms with E-state index in [4.69, 9.17) is 9.94 Å². The predicted octanol–water partition coefficient (Wildman–Crippen LogP) is 3.34. The zero-order valence-corrected chi connectivity index (χ0v) is 16.4. The van der Waals surface area contributed by atoms with Gasteiger partial charge in [0.15, 0.2) is 0 Å². The lowest BCUT2D eigenvalue weighted by molar-refractivity contribution is -0.124. The van der Waals surface area contributed by atoms with E-state index in [9.17, 15) is 9.59 Å². The second-order valence-corrected chi connectivity index (χ2v) is 6.97. The largest absolute Gasteiger partial charge is 0.496 e.